The van der Waals surface area contributed by atoms with Crippen LogP contribution in [0.1, 0.15) is 10.4 Å². The molecule has 0 amide bonds. The molecule has 0 fully saturated rings. The summed E-state index contributed by atoms with van der Waals surface area (Å²) in [6, 6.07) is 8.45. The molecule has 1 aromatic heterocycles. The second-order valence-electron chi connectivity index (χ2n) is 6.12. The average molecular weight is 476 g/mol. The van der Waals surface area contributed by atoms with Gasteiger partial charge in [0.1, 0.15) is 10.6 Å². The van der Waals surface area contributed by atoms with Crippen LogP contribution < -0.4 is 9.46 Å². The molecule has 0 atom stereocenters. The van der Waals surface area contributed by atoms with Crippen molar-refractivity contribution >= 4 is 61.3 Å². The van der Waals surface area contributed by atoms with Gasteiger partial charge in [-0.15, -0.1) is 11.3 Å². The number of hydrogen-bond donors (Lipinski definition) is 1. The van der Waals surface area contributed by atoms with E-state index in [1.807, 2.05) is 18.2 Å². The van der Waals surface area contributed by atoms with Crippen molar-refractivity contribution in [2.75, 3.05) is 11.8 Å². The second-order valence-corrected chi connectivity index (χ2v) is 10.1. The first-order chi connectivity index (χ1) is 13.3. The summed E-state index contributed by atoms with van der Waals surface area (Å²) in [6.07, 6.45) is 1.61. The lowest BCUT2D eigenvalue weighted by Gasteiger charge is -2.15. The predicted octanol–water partition coefficient (Wildman–Crippen LogP) is 5.68. The summed E-state index contributed by atoms with van der Waals surface area (Å²) < 4.78 is 33.4. The zero-order valence-corrected chi connectivity index (χ0v) is 18.3. The standard InChI is InChI=1S/C18H13Cl3N2O3S2/c1-26-11-3-4-12-9(6-11)2-5-15-16(12)22-18(27-15)23-28(24,25)17-13(20)7-10(19)8-14(17)21/h3-4,6-8H,2,5H2,1H3,(H,22,23). The monoisotopic (exact) mass is 474 g/mol. The summed E-state index contributed by atoms with van der Waals surface area (Å²) >= 11 is 19.3. The maximum absolute atomic E-state index is 12.8. The lowest BCUT2D eigenvalue weighted by Crippen LogP contribution is -2.14. The molecule has 0 radical (unpaired) electrons. The number of fused-ring (bicyclic) bond motifs is 3. The van der Waals surface area contributed by atoms with Gasteiger partial charge < -0.3 is 4.74 Å². The number of aromatic nitrogens is 1. The number of sulfonamides is 1. The van der Waals surface area contributed by atoms with Crippen molar-refractivity contribution in [3.63, 3.8) is 0 Å². The zero-order chi connectivity index (χ0) is 20.1. The van der Waals surface area contributed by atoms with E-state index >= 15 is 0 Å². The number of hydrogen-bond acceptors (Lipinski definition) is 5. The molecule has 4 rings (SSSR count). The third kappa shape index (κ3) is 3.57. The number of anilines is 1. The zero-order valence-electron chi connectivity index (χ0n) is 14.4. The minimum absolute atomic E-state index is 0.0521. The Hall–Kier alpha value is -1.51. The number of halogens is 3. The number of aryl methyl sites for hydroxylation is 2. The van der Waals surface area contributed by atoms with Crippen LogP contribution in [0, 0.1) is 0 Å². The van der Waals surface area contributed by atoms with Gasteiger partial charge in [-0.25, -0.2) is 13.4 Å². The van der Waals surface area contributed by atoms with Crippen LogP contribution in [0.15, 0.2) is 35.2 Å². The molecule has 0 unspecified atom stereocenters. The smallest absolute Gasteiger partial charge is 0.266 e. The predicted molar refractivity (Wildman–Crippen MR) is 114 cm³/mol. The SMILES string of the molecule is COc1ccc2c(c1)CCc1sc(NS(=O)(=O)c3c(Cl)cc(Cl)cc3Cl)nc1-2. The molecule has 0 aliphatic heterocycles. The summed E-state index contributed by atoms with van der Waals surface area (Å²) in [4.78, 5) is 5.30. The van der Waals surface area contributed by atoms with E-state index in [1.165, 1.54) is 23.5 Å². The van der Waals surface area contributed by atoms with E-state index in [0.717, 1.165) is 40.3 Å². The van der Waals surface area contributed by atoms with Crippen molar-refractivity contribution in [1.82, 2.24) is 4.98 Å². The first-order valence-electron chi connectivity index (χ1n) is 8.13. The fourth-order valence-electron chi connectivity index (χ4n) is 3.11. The van der Waals surface area contributed by atoms with Crippen LogP contribution in [0.5, 0.6) is 5.75 Å². The number of thiazole rings is 1. The second kappa shape index (κ2) is 7.39. The van der Waals surface area contributed by atoms with E-state index in [-0.39, 0.29) is 25.1 Å². The molecule has 1 aliphatic rings. The molecule has 1 aliphatic carbocycles. The van der Waals surface area contributed by atoms with Crippen LogP contribution >= 0.6 is 46.1 Å². The van der Waals surface area contributed by atoms with Crippen LogP contribution in [0.4, 0.5) is 5.13 Å². The van der Waals surface area contributed by atoms with Crippen LogP contribution in [0.25, 0.3) is 11.3 Å². The molecule has 5 nitrogen and oxygen atoms in total. The van der Waals surface area contributed by atoms with E-state index < -0.39 is 10.0 Å². The highest BCUT2D eigenvalue weighted by Gasteiger charge is 2.26. The first-order valence-corrected chi connectivity index (χ1v) is 11.6. The molecule has 0 saturated carbocycles. The van der Waals surface area contributed by atoms with E-state index in [1.54, 1.807) is 7.11 Å². The molecule has 0 saturated heterocycles. The van der Waals surface area contributed by atoms with E-state index in [9.17, 15) is 8.42 Å². The number of rotatable bonds is 4. The Bertz CT molecular complexity index is 1170. The summed E-state index contributed by atoms with van der Waals surface area (Å²) in [7, 11) is -2.40. The van der Waals surface area contributed by atoms with Crippen molar-refractivity contribution in [2.45, 2.75) is 17.7 Å². The van der Waals surface area contributed by atoms with Gasteiger partial charge in [0.15, 0.2) is 5.13 Å². The molecule has 1 N–H and O–H groups in total. The summed E-state index contributed by atoms with van der Waals surface area (Å²) in [6.45, 7) is 0. The molecule has 0 bridgehead atoms. The van der Waals surface area contributed by atoms with Crippen molar-refractivity contribution in [2.24, 2.45) is 0 Å². The van der Waals surface area contributed by atoms with Gasteiger partial charge in [-0.3, -0.25) is 4.72 Å². The highest BCUT2D eigenvalue weighted by Crippen LogP contribution is 2.40. The Labute approximate surface area is 181 Å². The normalized spacial score (nSPS) is 13.0. The summed E-state index contributed by atoms with van der Waals surface area (Å²) in [5, 5.41) is 0.411. The lowest BCUT2D eigenvalue weighted by molar-refractivity contribution is 0.414. The fraction of sp³-hybridized carbons (Fsp3) is 0.167. The van der Waals surface area contributed by atoms with Gasteiger partial charge >= 0.3 is 0 Å². The molecule has 3 aromatic rings. The summed E-state index contributed by atoms with van der Waals surface area (Å²) in [5.41, 5.74) is 2.88. The Morgan fingerprint density at radius 1 is 1.11 bits per heavy atom. The van der Waals surface area contributed by atoms with E-state index in [0.29, 0.717) is 0 Å². The fourth-order valence-corrected chi connectivity index (χ4v) is 6.87. The van der Waals surface area contributed by atoms with Crippen molar-refractivity contribution in [3.05, 3.63) is 55.8 Å². The number of nitrogens with zero attached hydrogens (tertiary/aromatic N) is 1. The van der Waals surface area contributed by atoms with Gasteiger partial charge in [-0.1, -0.05) is 34.8 Å². The molecular formula is C18H13Cl3N2O3S2. The Morgan fingerprint density at radius 3 is 2.50 bits per heavy atom. The highest BCUT2D eigenvalue weighted by molar-refractivity contribution is 7.93. The Morgan fingerprint density at radius 2 is 1.82 bits per heavy atom. The average Bonchev–Trinajstić information content (AvgIpc) is 3.01. The Balaban J connectivity index is 1.71. The molecule has 2 aromatic carbocycles. The lowest BCUT2D eigenvalue weighted by atomic mass is 9.93. The molecule has 1 heterocycles. The van der Waals surface area contributed by atoms with Crippen LogP contribution in [0.3, 0.4) is 0 Å². The third-order valence-corrected chi connectivity index (χ3v) is 7.98. The molecule has 10 heteroatoms. The van der Waals surface area contributed by atoms with Crippen molar-refractivity contribution in [3.8, 4) is 17.0 Å². The molecular weight excluding hydrogens is 463 g/mol. The molecule has 28 heavy (non-hydrogen) atoms. The third-order valence-electron chi connectivity index (χ3n) is 4.34. The van der Waals surface area contributed by atoms with Crippen molar-refractivity contribution in [1.29, 1.82) is 0 Å². The molecule has 0 spiro atoms. The first kappa shape index (κ1) is 19.8. The topological polar surface area (TPSA) is 68.3 Å². The number of benzene rings is 2. The quantitative estimate of drug-likeness (QED) is 0.527. The van der Waals surface area contributed by atoms with E-state index in [4.69, 9.17) is 39.5 Å². The maximum atomic E-state index is 12.8. The van der Waals surface area contributed by atoms with Gasteiger partial charge in [0.05, 0.1) is 22.8 Å². The van der Waals surface area contributed by atoms with Gasteiger partial charge in [0.2, 0.25) is 0 Å². The van der Waals surface area contributed by atoms with Gasteiger partial charge in [-0.2, -0.15) is 0 Å². The van der Waals surface area contributed by atoms with Crippen LogP contribution in [-0.2, 0) is 22.9 Å². The Kier molecular flexibility index (Phi) is 5.22. The van der Waals surface area contributed by atoms with Crippen molar-refractivity contribution < 1.29 is 13.2 Å². The van der Waals surface area contributed by atoms with E-state index in [2.05, 4.69) is 9.71 Å². The molecule has 146 valence electrons. The minimum atomic E-state index is -4.02. The number of methoxy groups -OCH3 is 1. The number of nitrogens with one attached hydrogen (secondary N) is 1. The minimum Gasteiger partial charge on any atom is -0.497 e. The van der Waals surface area contributed by atoms with Crippen LogP contribution in [-0.4, -0.2) is 20.5 Å². The van der Waals surface area contributed by atoms with Gasteiger partial charge in [0.25, 0.3) is 10.0 Å². The summed E-state index contributed by atoms with van der Waals surface area (Å²) in [5.74, 6) is 0.783. The van der Waals surface area contributed by atoms with Gasteiger partial charge in [0, 0.05) is 15.5 Å². The maximum Gasteiger partial charge on any atom is 0.266 e. The number of ether oxygens (including phenoxy) is 1. The van der Waals surface area contributed by atoms with Crippen LogP contribution in [0.2, 0.25) is 15.1 Å². The highest BCUT2D eigenvalue weighted by atomic mass is 35.5. The largest absolute Gasteiger partial charge is 0.497 e. The van der Waals surface area contributed by atoms with Gasteiger partial charge in [-0.05, 0) is 48.7 Å².